The fraction of sp³-hybridized carbons (Fsp3) is 0.345. The van der Waals surface area contributed by atoms with E-state index in [4.69, 9.17) is 17.3 Å². The summed E-state index contributed by atoms with van der Waals surface area (Å²) >= 11 is 6.15. The second-order valence-electron chi connectivity index (χ2n) is 9.06. The summed E-state index contributed by atoms with van der Waals surface area (Å²) in [5.74, 6) is 0. The van der Waals surface area contributed by atoms with Gasteiger partial charge in [0.25, 0.3) is 0 Å². The van der Waals surface area contributed by atoms with Gasteiger partial charge < -0.3 is 10.6 Å². The predicted octanol–water partition coefficient (Wildman–Crippen LogP) is 5.59. The van der Waals surface area contributed by atoms with Gasteiger partial charge in [-0.2, -0.15) is 0 Å². The van der Waals surface area contributed by atoms with Crippen molar-refractivity contribution in [2.75, 3.05) is 32.7 Å². The highest BCUT2D eigenvalue weighted by Gasteiger charge is 2.26. The average molecular weight is 509 g/mol. The molecule has 3 aromatic carbocycles. The van der Waals surface area contributed by atoms with Gasteiger partial charge in [0, 0.05) is 31.2 Å². The molecule has 0 spiro atoms. The van der Waals surface area contributed by atoms with Crippen LogP contribution in [-0.4, -0.2) is 58.8 Å². The minimum Gasteiger partial charge on any atom is -0.350 e. The number of carbonyl (C=O) groups is 1. The van der Waals surface area contributed by atoms with Crippen molar-refractivity contribution in [3.8, 4) is 0 Å². The maximum atomic E-state index is 11.0. The molecule has 2 amide bonds. The molecule has 7 heteroatoms. The van der Waals surface area contributed by atoms with Crippen LogP contribution in [0, 0.1) is 0 Å². The van der Waals surface area contributed by atoms with E-state index in [1.807, 2.05) is 24.3 Å². The van der Waals surface area contributed by atoms with Gasteiger partial charge in [-0.15, -0.1) is 0 Å². The van der Waals surface area contributed by atoms with Crippen molar-refractivity contribution in [1.82, 2.24) is 14.9 Å². The van der Waals surface area contributed by atoms with Crippen molar-refractivity contribution >= 4 is 17.6 Å². The molecule has 3 aromatic rings. The Morgan fingerprint density at radius 1 is 0.889 bits per heavy atom. The van der Waals surface area contributed by atoms with Gasteiger partial charge in [0.1, 0.15) is 0 Å². The number of hydrogen-bond donors (Lipinski definition) is 2. The summed E-state index contributed by atoms with van der Waals surface area (Å²) in [6.45, 7) is 5.31. The first kappa shape index (κ1) is 27.7. The highest BCUT2D eigenvalue weighted by atomic mass is 35.5. The summed E-state index contributed by atoms with van der Waals surface area (Å²) < 4.78 is 0. The van der Waals surface area contributed by atoms with E-state index < -0.39 is 6.03 Å². The minimum atomic E-state index is -0.850. The van der Waals surface area contributed by atoms with Crippen molar-refractivity contribution < 1.29 is 10.0 Å². The Morgan fingerprint density at radius 3 is 2.08 bits per heavy atom. The van der Waals surface area contributed by atoms with E-state index in [0.717, 1.165) is 56.2 Å². The second kappa shape index (κ2) is 13.4. The van der Waals surface area contributed by atoms with Crippen LogP contribution in [0.4, 0.5) is 4.79 Å². The van der Waals surface area contributed by atoms with Gasteiger partial charge in [-0.05, 0) is 53.8 Å². The molecule has 1 atom stereocenters. The Hall–Kier alpha value is -2.90. The van der Waals surface area contributed by atoms with Crippen molar-refractivity contribution in [2.45, 2.75) is 32.9 Å². The zero-order valence-corrected chi connectivity index (χ0v) is 20.6. The Bertz CT molecular complexity index is 1070. The molecule has 192 valence electrons. The summed E-state index contributed by atoms with van der Waals surface area (Å²) in [6, 6.07) is 26.3. The fourth-order valence-corrected chi connectivity index (χ4v) is 4.83. The molecular weight excluding hydrogens is 472 g/mol. The maximum absolute atomic E-state index is 11.0. The van der Waals surface area contributed by atoms with Crippen LogP contribution >= 0.6 is 11.6 Å². The molecule has 0 saturated carbocycles. The quantitative estimate of drug-likeness (QED) is 0.292. The summed E-state index contributed by atoms with van der Waals surface area (Å²) in [4.78, 5) is 16.1. The van der Waals surface area contributed by atoms with E-state index in [1.165, 1.54) is 16.7 Å². The van der Waals surface area contributed by atoms with Crippen LogP contribution < -0.4 is 5.73 Å². The monoisotopic (exact) mass is 508 g/mol. The first-order valence-corrected chi connectivity index (χ1v) is 12.5. The standard InChI is InChI=1S/C28H33ClN4O2.CH4/c29-26-14-12-25(13-15-26)27(24-6-2-1-3-7-24)32-19-17-31(18-20-32)16-4-5-22-8-10-23(11-9-22)21-33(35)28(30)34;/h1-3,6-15,27,35H,4-5,16-21H2,(H2,30,34);1H4/t27-;/m1./s1. The number of hydrogen-bond acceptors (Lipinski definition) is 4. The third kappa shape index (κ3) is 7.55. The van der Waals surface area contributed by atoms with Gasteiger partial charge in [0.15, 0.2) is 0 Å². The van der Waals surface area contributed by atoms with E-state index in [-0.39, 0.29) is 20.0 Å². The third-order valence-electron chi connectivity index (χ3n) is 6.62. The Kier molecular flexibility index (Phi) is 10.3. The Balaban J connectivity index is 0.00000361. The highest BCUT2D eigenvalue weighted by Crippen LogP contribution is 2.30. The van der Waals surface area contributed by atoms with E-state index in [0.29, 0.717) is 5.06 Å². The van der Waals surface area contributed by atoms with Crippen LogP contribution in [0.25, 0.3) is 0 Å². The molecule has 0 unspecified atom stereocenters. The number of amides is 2. The topological polar surface area (TPSA) is 73.0 Å². The number of carbonyl (C=O) groups excluding carboxylic acids is 1. The fourth-order valence-electron chi connectivity index (χ4n) is 4.71. The summed E-state index contributed by atoms with van der Waals surface area (Å²) in [7, 11) is 0. The first-order valence-electron chi connectivity index (χ1n) is 12.1. The van der Waals surface area contributed by atoms with Gasteiger partial charge in [-0.1, -0.05) is 85.8 Å². The molecule has 0 aliphatic carbocycles. The smallest absolute Gasteiger partial charge is 0.338 e. The van der Waals surface area contributed by atoms with E-state index in [1.54, 1.807) is 0 Å². The predicted molar refractivity (Wildman–Crippen MR) is 146 cm³/mol. The van der Waals surface area contributed by atoms with Crippen LogP contribution in [0.5, 0.6) is 0 Å². The van der Waals surface area contributed by atoms with Crippen molar-refractivity contribution in [2.24, 2.45) is 5.73 Å². The van der Waals surface area contributed by atoms with Crippen LogP contribution in [0.3, 0.4) is 0 Å². The van der Waals surface area contributed by atoms with Gasteiger partial charge >= 0.3 is 6.03 Å². The van der Waals surface area contributed by atoms with E-state index in [9.17, 15) is 10.0 Å². The van der Waals surface area contributed by atoms with Gasteiger partial charge in [-0.3, -0.25) is 10.1 Å². The van der Waals surface area contributed by atoms with Gasteiger partial charge in [0.05, 0.1) is 12.6 Å². The molecule has 0 radical (unpaired) electrons. The second-order valence-corrected chi connectivity index (χ2v) is 9.49. The summed E-state index contributed by atoms with van der Waals surface area (Å²) in [6.07, 6.45) is 2.09. The largest absolute Gasteiger partial charge is 0.350 e. The van der Waals surface area contributed by atoms with Crippen molar-refractivity contribution in [3.63, 3.8) is 0 Å². The number of aryl methyl sites for hydroxylation is 1. The number of primary amides is 1. The maximum Gasteiger partial charge on any atom is 0.338 e. The molecule has 0 aromatic heterocycles. The van der Waals surface area contributed by atoms with Crippen LogP contribution in [0.15, 0.2) is 78.9 Å². The van der Waals surface area contributed by atoms with Gasteiger partial charge in [0.2, 0.25) is 0 Å². The molecule has 1 aliphatic heterocycles. The molecule has 1 saturated heterocycles. The van der Waals surface area contributed by atoms with Crippen LogP contribution in [0.1, 0.15) is 42.1 Å². The molecule has 1 heterocycles. The lowest BCUT2D eigenvalue weighted by Gasteiger charge is -2.40. The summed E-state index contributed by atoms with van der Waals surface area (Å²) in [5.41, 5.74) is 9.75. The number of nitrogens with two attached hydrogens (primary N) is 1. The molecule has 1 fully saturated rings. The number of urea groups is 1. The number of rotatable bonds is 9. The van der Waals surface area contributed by atoms with Crippen LogP contribution in [0.2, 0.25) is 5.02 Å². The van der Waals surface area contributed by atoms with Crippen molar-refractivity contribution in [1.29, 1.82) is 0 Å². The average Bonchev–Trinajstić information content (AvgIpc) is 2.88. The Labute approximate surface area is 219 Å². The molecule has 3 N–H and O–H groups in total. The number of halogens is 1. The molecular formula is C29H37ClN4O2. The number of benzene rings is 3. The molecule has 0 bridgehead atoms. The SMILES string of the molecule is C.NC(=O)N(O)Cc1ccc(CCCN2CCN([C@H](c3ccccc3)c3ccc(Cl)cc3)CC2)cc1. The Morgan fingerprint density at radius 2 is 1.47 bits per heavy atom. The molecule has 4 rings (SSSR count). The minimum absolute atomic E-state index is 0. The summed E-state index contributed by atoms with van der Waals surface area (Å²) in [5, 5.41) is 10.8. The van der Waals surface area contributed by atoms with E-state index >= 15 is 0 Å². The lowest BCUT2D eigenvalue weighted by Crippen LogP contribution is -2.48. The van der Waals surface area contributed by atoms with Crippen molar-refractivity contribution in [3.05, 3.63) is 106 Å². The number of nitrogens with zero attached hydrogens (tertiary/aromatic N) is 3. The zero-order valence-electron chi connectivity index (χ0n) is 19.9. The molecule has 36 heavy (non-hydrogen) atoms. The zero-order chi connectivity index (χ0) is 24.6. The third-order valence-corrected chi connectivity index (χ3v) is 6.87. The normalized spacial score (nSPS) is 15.2. The van der Waals surface area contributed by atoms with Gasteiger partial charge in [-0.25, -0.2) is 9.86 Å². The lowest BCUT2D eigenvalue weighted by atomic mass is 9.96. The van der Waals surface area contributed by atoms with E-state index in [2.05, 4.69) is 64.4 Å². The lowest BCUT2D eigenvalue weighted by molar-refractivity contribution is -0.0470. The number of piperazine rings is 1. The molecule has 1 aliphatic rings. The molecule has 6 nitrogen and oxygen atoms in total. The van der Waals surface area contributed by atoms with Crippen LogP contribution in [-0.2, 0) is 13.0 Å². The number of hydroxylamine groups is 2. The highest BCUT2D eigenvalue weighted by molar-refractivity contribution is 6.30. The first-order chi connectivity index (χ1) is 17.0.